The minimum atomic E-state index is -1.03. The minimum absolute atomic E-state index is 0.141. The van der Waals surface area contributed by atoms with Gasteiger partial charge in [0.25, 0.3) is 5.89 Å². The van der Waals surface area contributed by atoms with Crippen molar-refractivity contribution in [2.75, 3.05) is 31.2 Å². The average Bonchev–Trinajstić information content (AvgIpc) is 3.24. The van der Waals surface area contributed by atoms with Crippen LogP contribution in [0.4, 0.5) is 5.82 Å². The lowest BCUT2D eigenvalue weighted by Gasteiger charge is -2.20. The second-order valence-corrected chi connectivity index (χ2v) is 7.68. The molecule has 0 spiro atoms. The molecule has 0 saturated carbocycles. The van der Waals surface area contributed by atoms with Gasteiger partial charge < -0.3 is 24.4 Å². The van der Waals surface area contributed by atoms with Gasteiger partial charge in [-0.3, -0.25) is 0 Å². The second-order valence-electron chi connectivity index (χ2n) is 6.87. The second kappa shape index (κ2) is 10.3. The maximum atomic E-state index is 9.45. The van der Waals surface area contributed by atoms with E-state index in [-0.39, 0.29) is 22.4 Å². The summed E-state index contributed by atoms with van der Waals surface area (Å²) in [4.78, 5) is 11.2. The SMILES string of the molecule is CCN(CC)c1cc(-c2nc(-c3cc(Cl)c(OC[C@H](O)CO)c(Cl)c3)no2)cc(C)n1. The van der Waals surface area contributed by atoms with Crippen LogP contribution < -0.4 is 9.64 Å². The first-order valence-electron chi connectivity index (χ1n) is 9.85. The Bertz CT molecular complexity index is 1020. The van der Waals surface area contributed by atoms with Gasteiger partial charge in [0.1, 0.15) is 18.5 Å². The lowest BCUT2D eigenvalue weighted by atomic mass is 10.2. The lowest BCUT2D eigenvalue weighted by molar-refractivity contribution is 0.0537. The molecule has 1 atom stereocenters. The van der Waals surface area contributed by atoms with Gasteiger partial charge in [0.2, 0.25) is 5.82 Å². The Labute approximate surface area is 190 Å². The zero-order valence-electron chi connectivity index (χ0n) is 17.5. The number of aromatic nitrogens is 3. The van der Waals surface area contributed by atoms with E-state index in [1.54, 1.807) is 12.1 Å². The summed E-state index contributed by atoms with van der Waals surface area (Å²) in [6.45, 7) is 7.16. The highest BCUT2D eigenvalue weighted by Crippen LogP contribution is 2.37. The first-order valence-corrected chi connectivity index (χ1v) is 10.6. The van der Waals surface area contributed by atoms with E-state index >= 15 is 0 Å². The van der Waals surface area contributed by atoms with Crippen molar-refractivity contribution in [2.24, 2.45) is 0 Å². The molecule has 1 aromatic carbocycles. The maximum Gasteiger partial charge on any atom is 0.258 e. The number of aliphatic hydroxyl groups excluding tert-OH is 2. The molecule has 10 heteroatoms. The number of benzene rings is 1. The normalized spacial score (nSPS) is 12.1. The Morgan fingerprint density at radius 1 is 1.06 bits per heavy atom. The van der Waals surface area contributed by atoms with Crippen LogP contribution in [0, 0.1) is 6.92 Å². The quantitative estimate of drug-likeness (QED) is 0.487. The Hall–Kier alpha value is -2.39. The Kier molecular flexibility index (Phi) is 7.72. The van der Waals surface area contributed by atoms with E-state index < -0.39 is 12.7 Å². The van der Waals surface area contributed by atoms with Gasteiger partial charge in [-0.1, -0.05) is 28.4 Å². The number of halogens is 2. The summed E-state index contributed by atoms with van der Waals surface area (Å²) in [7, 11) is 0. The number of aryl methyl sites for hydroxylation is 1. The number of rotatable bonds is 9. The molecule has 31 heavy (non-hydrogen) atoms. The van der Waals surface area contributed by atoms with Gasteiger partial charge in [-0.15, -0.1) is 0 Å². The molecule has 2 N–H and O–H groups in total. The van der Waals surface area contributed by atoms with Crippen molar-refractivity contribution in [3.63, 3.8) is 0 Å². The monoisotopic (exact) mass is 466 g/mol. The molecule has 3 aromatic rings. The average molecular weight is 467 g/mol. The standard InChI is InChI=1S/C21H24Cl2N4O4/c1-4-27(5-2)18-9-14(6-12(3)24-18)21-25-20(26-31-21)13-7-16(22)19(17(23)8-13)30-11-15(29)10-28/h6-9,15,28-29H,4-5,10-11H2,1-3H3/t15-/m1/s1. The lowest BCUT2D eigenvalue weighted by Crippen LogP contribution is -2.23. The van der Waals surface area contributed by atoms with Crippen molar-refractivity contribution in [2.45, 2.75) is 26.9 Å². The summed E-state index contributed by atoms with van der Waals surface area (Å²) in [5.74, 6) is 1.72. The van der Waals surface area contributed by atoms with Crippen LogP contribution in [-0.2, 0) is 0 Å². The minimum Gasteiger partial charge on any atom is -0.488 e. The molecule has 0 fully saturated rings. The third-order valence-corrected chi connectivity index (χ3v) is 5.15. The Morgan fingerprint density at radius 2 is 1.74 bits per heavy atom. The number of pyridine rings is 1. The van der Waals surface area contributed by atoms with Gasteiger partial charge >= 0.3 is 0 Å². The first kappa shape index (κ1) is 23.3. The third-order valence-electron chi connectivity index (χ3n) is 4.59. The molecule has 166 valence electrons. The molecule has 0 radical (unpaired) electrons. The highest BCUT2D eigenvalue weighted by atomic mass is 35.5. The molecule has 0 aliphatic heterocycles. The summed E-state index contributed by atoms with van der Waals surface area (Å²) in [6.07, 6.45) is -1.03. The molecule has 8 nitrogen and oxygen atoms in total. The smallest absolute Gasteiger partial charge is 0.258 e. The van der Waals surface area contributed by atoms with Crippen LogP contribution in [0.2, 0.25) is 10.0 Å². The van der Waals surface area contributed by atoms with E-state index in [1.165, 1.54) is 0 Å². The van der Waals surface area contributed by atoms with Crippen LogP contribution in [-0.4, -0.2) is 57.7 Å². The fourth-order valence-corrected chi connectivity index (χ4v) is 3.60. The van der Waals surface area contributed by atoms with E-state index in [4.69, 9.17) is 37.6 Å². The molecule has 0 aliphatic carbocycles. The van der Waals surface area contributed by atoms with Crippen LogP contribution in [0.1, 0.15) is 19.5 Å². The van der Waals surface area contributed by atoms with E-state index in [0.717, 1.165) is 30.2 Å². The van der Waals surface area contributed by atoms with E-state index in [0.29, 0.717) is 17.3 Å². The van der Waals surface area contributed by atoms with Crippen LogP contribution in [0.5, 0.6) is 5.75 Å². The molecular formula is C21H24Cl2N4O4. The summed E-state index contributed by atoms with van der Waals surface area (Å²) in [5.41, 5.74) is 2.16. The highest BCUT2D eigenvalue weighted by molar-refractivity contribution is 6.37. The molecule has 2 heterocycles. The van der Waals surface area contributed by atoms with Crippen LogP contribution in [0.15, 0.2) is 28.8 Å². The number of ether oxygens (including phenoxy) is 1. The first-order chi connectivity index (χ1) is 14.9. The van der Waals surface area contributed by atoms with Gasteiger partial charge in [0.15, 0.2) is 5.75 Å². The molecule has 0 aliphatic rings. The van der Waals surface area contributed by atoms with Gasteiger partial charge in [-0.25, -0.2) is 4.98 Å². The zero-order valence-corrected chi connectivity index (χ0v) is 19.0. The third kappa shape index (κ3) is 5.46. The van der Waals surface area contributed by atoms with Crippen LogP contribution in [0.3, 0.4) is 0 Å². The van der Waals surface area contributed by atoms with Gasteiger partial charge in [-0.2, -0.15) is 4.98 Å². The molecule has 0 amide bonds. The van der Waals surface area contributed by atoms with Crippen molar-refractivity contribution in [1.82, 2.24) is 15.1 Å². The summed E-state index contributed by atoms with van der Waals surface area (Å²) in [5, 5.41) is 22.9. The number of aliphatic hydroxyl groups is 2. The van der Waals surface area contributed by atoms with Gasteiger partial charge in [0.05, 0.1) is 16.7 Å². The van der Waals surface area contributed by atoms with E-state index in [2.05, 4.69) is 33.9 Å². The number of nitrogens with zero attached hydrogens (tertiary/aromatic N) is 4. The van der Waals surface area contributed by atoms with Gasteiger partial charge in [-0.05, 0) is 45.0 Å². The Balaban J connectivity index is 1.89. The highest BCUT2D eigenvalue weighted by Gasteiger charge is 2.18. The number of hydrogen-bond donors (Lipinski definition) is 2. The molecular weight excluding hydrogens is 443 g/mol. The van der Waals surface area contributed by atoms with Crippen molar-refractivity contribution >= 4 is 29.0 Å². The topological polar surface area (TPSA) is 105 Å². The van der Waals surface area contributed by atoms with Crippen molar-refractivity contribution in [1.29, 1.82) is 0 Å². The predicted octanol–water partition coefficient (Wildman–Crippen LogP) is 3.99. The molecule has 0 unspecified atom stereocenters. The molecule has 0 saturated heterocycles. The maximum absolute atomic E-state index is 9.45. The van der Waals surface area contributed by atoms with E-state index in [9.17, 15) is 5.11 Å². The number of anilines is 1. The van der Waals surface area contributed by atoms with Crippen molar-refractivity contribution < 1.29 is 19.5 Å². The fraction of sp³-hybridized carbons (Fsp3) is 0.381. The Morgan fingerprint density at radius 3 is 2.35 bits per heavy atom. The molecule has 3 rings (SSSR count). The summed E-state index contributed by atoms with van der Waals surface area (Å²) in [6, 6.07) is 7.00. The largest absolute Gasteiger partial charge is 0.488 e. The summed E-state index contributed by atoms with van der Waals surface area (Å²) >= 11 is 12.6. The summed E-state index contributed by atoms with van der Waals surface area (Å²) < 4.78 is 10.9. The van der Waals surface area contributed by atoms with Gasteiger partial charge in [0, 0.05) is 29.9 Å². The zero-order chi connectivity index (χ0) is 22.5. The molecule has 2 aromatic heterocycles. The predicted molar refractivity (Wildman–Crippen MR) is 120 cm³/mol. The van der Waals surface area contributed by atoms with E-state index in [1.807, 2.05) is 19.1 Å². The van der Waals surface area contributed by atoms with Crippen LogP contribution in [0.25, 0.3) is 22.8 Å². The number of hydrogen-bond acceptors (Lipinski definition) is 8. The van der Waals surface area contributed by atoms with Crippen LogP contribution >= 0.6 is 23.2 Å². The molecule has 0 bridgehead atoms. The fourth-order valence-electron chi connectivity index (χ4n) is 3.00. The van der Waals surface area contributed by atoms with Crippen molar-refractivity contribution in [3.8, 4) is 28.6 Å². The van der Waals surface area contributed by atoms with Crippen molar-refractivity contribution in [3.05, 3.63) is 40.0 Å².